The number of hydrazone groups is 1. The fourth-order valence-corrected chi connectivity index (χ4v) is 3.05. The average molecular weight is 393 g/mol. The number of methoxy groups -OCH3 is 2. The van der Waals surface area contributed by atoms with E-state index < -0.39 is 5.82 Å². The molecule has 0 bridgehead atoms. The molecule has 1 heterocycles. The molecule has 0 saturated heterocycles. The molecule has 3 aromatic rings. The molecule has 0 unspecified atom stereocenters. The predicted octanol–water partition coefficient (Wildman–Crippen LogP) is 4.42. The van der Waals surface area contributed by atoms with Crippen molar-refractivity contribution in [1.82, 2.24) is 5.43 Å². The van der Waals surface area contributed by atoms with Crippen LogP contribution in [0.4, 0.5) is 14.5 Å². The predicted molar refractivity (Wildman–Crippen MR) is 107 cm³/mol. The highest BCUT2D eigenvalue weighted by Crippen LogP contribution is 2.31. The summed E-state index contributed by atoms with van der Waals surface area (Å²) in [6.07, 6.45) is 0. The summed E-state index contributed by atoms with van der Waals surface area (Å²) < 4.78 is 38.0. The Labute approximate surface area is 166 Å². The normalized spacial score (nSPS) is 12.8. The fraction of sp³-hybridized carbons (Fsp3) is 0.0909. The lowest BCUT2D eigenvalue weighted by molar-refractivity contribution is 0.355. The van der Waals surface area contributed by atoms with Crippen LogP contribution in [0.1, 0.15) is 16.7 Å². The van der Waals surface area contributed by atoms with E-state index in [1.807, 2.05) is 0 Å². The quantitative estimate of drug-likeness (QED) is 0.714. The minimum atomic E-state index is -0.405. The van der Waals surface area contributed by atoms with Crippen molar-refractivity contribution in [1.29, 1.82) is 0 Å². The largest absolute Gasteiger partial charge is 0.493 e. The van der Waals surface area contributed by atoms with E-state index in [4.69, 9.17) is 9.47 Å². The van der Waals surface area contributed by atoms with Gasteiger partial charge in [0, 0.05) is 16.7 Å². The molecule has 0 atom stereocenters. The van der Waals surface area contributed by atoms with Gasteiger partial charge in [-0.3, -0.25) is 5.43 Å². The Bertz CT molecular complexity index is 1130. The van der Waals surface area contributed by atoms with Gasteiger partial charge in [0.15, 0.2) is 17.3 Å². The van der Waals surface area contributed by atoms with Crippen molar-refractivity contribution in [3.05, 3.63) is 89.0 Å². The molecule has 0 amide bonds. The molecule has 1 aliphatic heterocycles. The SMILES string of the molecule is COc1ccc(C2=NNC(c3ccc(F)cc3)=Nc3ccc(F)cc32)cc1OC. The summed E-state index contributed by atoms with van der Waals surface area (Å²) in [7, 11) is 3.09. The molecule has 3 aromatic carbocycles. The number of nitrogens with one attached hydrogen (secondary N) is 1. The van der Waals surface area contributed by atoms with Gasteiger partial charge in [-0.2, -0.15) is 5.10 Å². The number of hydrogen-bond donors (Lipinski definition) is 1. The van der Waals surface area contributed by atoms with E-state index in [2.05, 4.69) is 15.5 Å². The lowest BCUT2D eigenvalue weighted by Gasteiger charge is -2.12. The highest BCUT2D eigenvalue weighted by atomic mass is 19.1. The number of rotatable bonds is 4. The lowest BCUT2D eigenvalue weighted by atomic mass is 10.00. The Balaban J connectivity index is 1.85. The van der Waals surface area contributed by atoms with Gasteiger partial charge in [-0.05, 0) is 60.7 Å². The zero-order chi connectivity index (χ0) is 20.4. The van der Waals surface area contributed by atoms with Gasteiger partial charge in [0.05, 0.1) is 19.9 Å². The third-order valence-corrected chi connectivity index (χ3v) is 4.49. The molecule has 1 N–H and O–H groups in total. The second-order valence-corrected chi connectivity index (χ2v) is 6.27. The number of aliphatic imine (C=N–C) groups is 1. The molecule has 0 saturated carbocycles. The monoisotopic (exact) mass is 393 g/mol. The Morgan fingerprint density at radius 1 is 0.759 bits per heavy atom. The molecule has 1 aliphatic rings. The van der Waals surface area contributed by atoms with Crippen LogP contribution in [0.5, 0.6) is 11.5 Å². The number of hydrogen-bond acceptors (Lipinski definition) is 5. The van der Waals surface area contributed by atoms with Gasteiger partial charge in [-0.15, -0.1) is 0 Å². The van der Waals surface area contributed by atoms with E-state index in [0.717, 1.165) is 0 Å². The van der Waals surface area contributed by atoms with Crippen molar-refractivity contribution < 1.29 is 18.3 Å². The van der Waals surface area contributed by atoms with Gasteiger partial charge in [0.1, 0.15) is 17.3 Å². The summed E-state index contributed by atoms with van der Waals surface area (Å²) in [6, 6.07) is 15.5. The second kappa shape index (κ2) is 7.71. The first kappa shape index (κ1) is 18.6. The standard InChI is InChI=1S/C22H17F2N3O2/c1-28-19-10-5-14(11-20(19)29-2)21-17-12-16(24)8-9-18(17)25-22(27-26-21)13-3-6-15(23)7-4-13/h3-12H,1-2H3,(H,25,27). The van der Waals surface area contributed by atoms with Gasteiger partial charge in [0.25, 0.3) is 0 Å². The van der Waals surface area contributed by atoms with Crippen LogP contribution in [0, 0.1) is 11.6 Å². The maximum atomic E-state index is 14.0. The van der Waals surface area contributed by atoms with Gasteiger partial charge in [0.2, 0.25) is 0 Å². The molecule has 0 spiro atoms. The molecule has 0 aliphatic carbocycles. The Kier molecular flexibility index (Phi) is 4.95. The van der Waals surface area contributed by atoms with E-state index in [0.29, 0.717) is 45.4 Å². The first-order valence-electron chi connectivity index (χ1n) is 8.79. The average Bonchev–Trinajstić information content (AvgIpc) is 2.93. The van der Waals surface area contributed by atoms with Gasteiger partial charge in [-0.1, -0.05) is 0 Å². The summed E-state index contributed by atoms with van der Waals surface area (Å²) in [5, 5.41) is 4.47. The van der Waals surface area contributed by atoms with Crippen molar-refractivity contribution in [3.8, 4) is 11.5 Å². The third-order valence-electron chi connectivity index (χ3n) is 4.49. The van der Waals surface area contributed by atoms with Crippen LogP contribution in [-0.4, -0.2) is 25.8 Å². The fourth-order valence-electron chi connectivity index (χ4n) is 3.05. The number of halogens is 2. The van der Waals surface area contributed by atoms with E-state index in [-0.39, 0.29) is 5.82 Å². The Hall–Kier alpha value is -3.74. The van der Waals surface area contributed by atoms with Crippen LogP contribution in [0.15, 0.2) is 70.8 Å². The molecule has 0 aromatic heterocycles. The zero-order valence-electron chi connectivity index (χ0n) is 15.7. The minimum absolute atomic E-state index is 0.347. The molecule has 0 fully saturated rings. The maximum absolute atomic E-state index is 14.0. The zero-order valence-corrected chi connectivity index (χ0v) is 15.7. The van der Waals surface area contributed by atoms with Crippen LogP contribution >= 0.6 is 0 Å². The first-order chi connectivity index (χ1) is 14.1. The molecule has 7 heteroatoms. The number of nitrogens with zero attached hydrogens (tertiary/aromatic N) is 2. The number of benzene rings is 3. The summed E-state index contributed by atoms with van der Waals surface area (Å²) in [5.74, 6) is 0.765. The van der Waals surface area contributed by atoms with Crippen molar-refractivity contribution in [2.24, 2.45) is 10.1 Å². The first-order valence-corrected chi connectivity index (χ1v) is 8.79. The van der Waals surface area contributed by atoms with E-state index >= 15 is 0 Å². The molecule has 146 valence electrons. The topological polar surface area (TPSA) is 55.2 Å². The van der Waals surface area contributed by atoms with E-state index in [1.165, 1.54) is 31.4 Å². The highest BCUT2D eigenvalue weighted by molar-refractivity contribution is 6.18. The third kappa shape index (κ3) is 3.67. The molecule has 5 nitrogen and oxygen atoms in total. The van der Waals surface area contributed by atoms with Gasteiger partial charge in [-0.25, -0.2) is 13.8 Å². The highest BCUT2D eigenvalue weighted by Gasteiger charge is 2.19. The molecule has 4 rings (SSSR count). The van der Waals surface area contributed by atoms with Crippen LogP contribution in [0.3, 0.4) is 0 Å². The van der Waals surface area contributed by atoms with E-state index in [9.17, 15) is 8.78 Å². The molecule has 29 heavy (non-hydrogen) atoms. The van der Waals surface area contributed by atoms with Crippen molar-refractivity contribution in [3.63, 3.8) is 0 Å². The summed E-state index contributed by atoms with van der Waals surface area (Å²) in [5.41, 5.74) is 5.80. The summed E-state index contributed by atoms with van der Waals surface area (Å²) in [6.45, 7) is 0. The van der Waals surface area contributed by atoms with Crippen LogP contribution in [0.25, 0.3) is 0 Å². The minimum Gasteiger partial charge on any atom is -0.493 e. The molecular weight excluding hydrogens is 376 g/mol. The molecular formula is C22H17F2N3O2. The maximum Gasteiger partial charge on any atom is 0.161 e. The smallest absolute Gasteiger partial charge is 0.161 e. The van der Waals surface area contributed by atoms with Crippen molar-refractivity contribution in [2.45, 2.75) is 0 Å². The number of fused-ring (bicyclic) bond motifs is 1. The van der Waals surface area contributed by atoms with E-state index in [1.54, 1.807) is 43.5 Å². The summed E-state index contributed by atoms with van der Waals surface area (Å²) in [4.78, 5) is 4.58. The summed E-state index contributed by atoms with van der Waals surface area (Å²) >= 11 is 0. The van der Waals surface area contributed by atoms with Crippen LogP contribution in [0.2, 0.25) is 0 Å². The van der Waals surface area contributed by atoms with Gasteiger partial charge < -0.3 is 9.47 Å². The van der Waals surface area contributed by atoms with Crippen LogP contribution < -0.4 is 14.9 Å². The second-order valence-electron chi connectivity index (χ2n) is 6.27. The lowest BCUT2D eigenvalue weighted by Crippen LogP contribution is -2.19. The number of ether oxygens (including phenoxy) is 2. The Morgan fingerprint density at radius 2 is 1.45 bits per heavy atom. The molecule has 0 radical (unpaired) electrons. The number of amidine groups is 1. The van der Waals surface area contributed by atoms with Crippen molar-refractivity contribution >= 4 is 17.2 Å². The Morgan fingerprint density at radius 3 is 2.17 bits per heavy atom. The van der Waals surface area contributed by atoms with Crippen molar-refractivity contribution in [2.75, 3.05) is 14.2 Å². The van der Waals surface area contributed by atoms with Crippen LogP contribution in [-0.2, 0) is 0 Å². The van der Waals surface area contributed by atoms with Gasteiger partial charge >= 0.3 is 0 Å².